The van der Waals surface area contributed by atoms with Crippen LogP contribution in [0.15, 0.2) is 42.7 Å². The van der Waals surface area contributed by atoms with Gasteiger partial charge in [0, 0.05) is 23.5 Å². The van der Waals surface area contributed by atoms with Crippen LogP contribution in [0.25, 0.3) is 16.9 Å². The number of nitrogens with two attached hydrogens (primary N) is 1. The number of primary amides is 1. The van der Waals surface area contributed by atoms with Crippen molar-refractivity contribution in [3.63, 3.8) is 0 Å². The Morgan fingerprint density at radius 3 is 2.50 bits per heavy atom. The van der Waals surface area contributed by atoms with Gasteiger partial charge in [0.25, 0.3) is 0 Å². The Hall–Kier alpha value is -3.26. The minimum Gasteiger partial charge on any atom is -0.388 e. The lowest BCUT2D eigenvalue weighted by atomic mass is 10.1. The summed E-state index contributed by atoms with van der Waals surface area (Å²) in [5.41, 5.74) is 8.09. The number of aromatic nitrogens is 4. The molecule has 2 aromatic heterocycles. The standard InChI is InChI=1S/C16H16N6O2/c1-10-14(11-7-18-13(9-23)19-8-11)21-22(15(10)20-16(17)24)12-5-3-2-4-6-12/h2-8,23H,9H2,1H3,(H3,17,20,24). The zero-order chi connectivity index (χ0) is 17.1. The number of carbonyl (C=O) groups excluding carboxylic acids is 1. The number of para-hydroxylation sites is 1. The summed E-state index contributed by atoms with van der Waals surface area (Å²) in [6.07, 6.45) is 3.16. The smallest absolute Gasteiger partial charge is 0.317 e. The van der Waals surface area contributed by atoms with E-state index in [1.165, 1.54) is 0 Å². The summed E-state index contributed by atoms with van der Waals surface area (Å²) in [5.74, 6) is 0.810. The van der Waals surface area contributed by atoms with E-state index in [1.54, 1.807) is 17.1 Å². The van der Waals surface area contributed by atoms with Crippen LogP contribution in [0.2, 0.25) is 0 Å². The molecule has 0 aliphatic carbocycles. The van der Waals surface area contributed by atoms with Gasteiger partial charge in [0.15, 0.2) is 5.82 Å². The summed E-state index contributed by atoms with van der Waals surface area (Å²) in [6.45, 7) is 1.60. The van der Waals surface area contributed by atoms with E-state index in [2.05, 4.69) is 20.4 Å². The van der Waals surface area contributed by atoms with Gasteiger partial charge in [-0.15, -0.1) is 0 Å². The number of hydrogen-bond acceptors (Lipinski definition) is 5. The number of aliphatic hydroxyl groups is 1. The van der Waals surface area contributed by atoms with E-state index in [0.29, 0.717) is 22.9 Å². The van der Waals surface area contributed by atoms with E-state index in [0.717, 1.165) is 11.3 Å². The summed E-state index contributed by atoms with van der Waals surface area (Å²) < 4.78 is 1.61. The average Bonchev–Trinajstić information content (AvgIpc) is 2.92. The molecule has 0 aliphatic rings. The zero-order valence-electron chi connectivity index (χ0n) is 13.0. The van der Waals surface area contributed by atoms with Gasteiger partial charge in [-0.3, -0.25) is 5.32 Å². The fourth-order valence-corrected chi connectivity index (χ4v) is 2.35. The first-order chi connectivity index (χ1) is 11.6. The van der Waals surface area contributed by atoms with Crippen molar-refractivity contribution in [3.8, 4) is 16.9 Å². The lowest BCUT2D eigenvalue weighted by Crippen LogP contribution is -2.21. The number of benzene rings is 1. The van der Waals surface area contributed by atoms with Crippen LogP contribution in [0.3, 0.4) is 0 Å². The van der Waals surface area contributed by atoms with Gasteiger partial charge < -0.3 is 10.8 Å². The average molecular weight is 324 g/mol. The van der Waals surface area contributed by atoms with Crippen LogP contribution in [-0.4, -0.2) is 30.9 Å². The third-order valence-electron chi connectivity index (χ3n) is 3.48. The number of aliphatic hydroxyl groups excluding tert-OH is 1. The second-order valence-corrected chi connectivity index (χ2v) is 5.10. The molecular formula is C16H16N6O2. The van der Waals surface area contributed by atoms with Gasteiger partial charge in [0.05, 0.1) is 5.69 Å². The molecule has 0 atom stereocenters. The molecular weight excluding hydrogens is 308 g/mol. The summed E-state index contributed by atoms with van der Waals surface area (Å²) in [6, 6.07) is 8.71. The molecule has 24 heavy (non-hydrogen) atoms. The summed E-state index contributed by atoms with van der Waals surface area (Å²) in [7, 11) is 0. The molecule has 1 aromatic carbocycles. The Bertz CT molecular complexity index is 858. The molecule has 0 bridgehead atoms. The molecule has 0 radical (unpaired) electrons. The molecule has 0 aliphatic heterocycles. The van der Waals surface area contributed by atoms with Gasteiger partial charge in [-0.25, -0.2) is 19.4 Å². The predicted molar refractivity (Wildman–Crippen MR) is 88.5 cm³/mol. The highest BCUT2D eigenvalue weighted by molar-refractivity contribution is 5.89. The number of anilines is 1. The van der Waals surface area contributed by atoms with E-state index >= 15 is 0 Å². The van der Waals surface area contributed by atoms with Gasteiger partial charge in [-0.1, -0.05) is 18.2 Å². The van der Waals surface area contributed by atoms with Crippen LogP contribution in [0, 0.1) is 6.92 Å². The van der Waals surface area contributed by atoms with Crippen molar-refractivity contribution in [2.75, 3.05) is 5.32 Å². The zero-order valence-corrected chi connectivity index (χ0v) is 13.0. The summed E-state index contributed by atoms with van der Waals surface area (Å²) in [4.78, 5) is 19.5. The van der Waals surface area contributed by atoms with Crippen LogP contribution in [-0.2, 0) is 6.61 Å². The third kappa shape index (κ3) is 2.95. The number of nitrogens with zero attached hydrogens (tertiary/aromatic N) is 4. The molecule has 0 spiro atoms. The number of hydrogen-bond donors (Lipinski definition) is 3. The fourth-order valence-electron chi connectivity index (χ4n) is 2.35. The molecule has 3 aromatic rings. The minimum absolute atomic E-state index is 0.230. The van der Waals surface area contributed by atoms with Crippen molar-refractivity contribution in [1.82, 2.24) is 19.7 Å². The highest BCUT2D eigenvalue weighted by atomic mass is 16.3. The maximum Gasteiger partial charge on any atom is 0.317 e. The van der Waals surface area contributed by atoms with Crippen LogP contribution in [0.1, 0.15) is 11.4 Å². The highest BCUT2D eigenvalue weighted by Crippen LogP contribution is 2.29. The largest absolute Gasteiger partial charge is 0.388 e. The van der Waals surface area contributed by atoms with Crippen LogP contribution < -0.4 is 11.1 Å². The number of nitrogens with one attached hydrogen (secondary N) is 1. The lowest BCUT2D eigenvalue weighted by Gasteiger charge is -2.07. The molecule has 0 fully saturated rings. The molecule has 2 heterocycles. The third-order valence-corrected chi connectivity index (χ3v) is 3.48. The first kappa shape index (κ1) is 15.6. The number of amides is 2. The second kappa shape index (κ2) is 6.47. The quantitative estimate of drug-likeness (QED) is 0.674. The van der Waals surface area contributed by atoms with Gasteiger partial charge >= 0.3 is 6.03 Å². The monoisotopic (exact) mass is 324 g/mol. The van der Waals surface area contributed by atoms with E-state index in [1.807, 2.05) is 37.3 Å². The van der Waals surface area contributed by atoms with Crippen molar-refractivity contribution < 1.29 is 9.90 Å². The van der Waals surface area contributed by atoms with Gasteiger partial charge in [0.2, 0.25) is 0 Å². The van der Waals surface area contributed by atoms with Crippen molar-refractivity contribution in [1.29, 1.82) is 0 Å². The predicted octanol–water partition coefficient (Wildman–Crippen LogP) is 1.62. The molecule has 2 amide bonds. The van der Waals surface area contributed by atoms with Crippen molar-refractivity contribution in [3.05, 3.63) is 54.1 Å². The Labute approximate surface area is 138 Å². The molecule has 122 valence electrons. The van der Waals surface area contributed by atoms with Crippen molar-refractivity contribution >= 4 is 11.8 Å². The molecule has 0 saturated heterocycles. The molecule has 8 heteroatoms. The lowest BCUT2D eigenvalue weighted by molar-refractivity contribution is 0.259. The highest BCUT2D eigenvalue weighted by Gasteiger charge is 2.18. The molecule has 0 unspecified atom stereocenters. The maximum atomic E-state index is 11.4. The molecule has 4 N–H and O–H groups in total. The SMILES string of the molecule is Cc1c(-c2cnc(CO)nc2)nn(-c2ccccc2)c1NC(N)=O. The van der Waals surface area contributed by atoms with E-state index < -0.39 is 6.03 Å². The van der Waals surface area contributed by atoms with Crippen molar-refractivity contribution in [2.24, 2.45) is 5.73 Å². The Kier molecular flexibility index (Phi) is 4.21. The van der Waals surface area contributed by atoms with Crippen molar-refractivity contribution in [2.45, 2.75) is 13.5 Å². The van der Waals surface area contributed by atoms with Gasteiger partial charge in [0.1, 0.15) is 18.1 Å². The van der Waals surface area contributed by atoms with Crippen LogP contribution >= 0.6 is 0 Å². The second-order valence-electron chi connectivity index (χ2n) is 5.10. The van der Waals surface area contributed by atoms with E-state index in [9.17, 15) is 4.79 Å². The van der Waals surface area contributed by atoms with Crippen LogP contribution in [0.4, 0.5) is 10.6 Å². The molecule has 8 nitrogen and oxygen atoms in total. The van der Waals surface area contributed by atoms with Crippen LogP contribution in [0.5, 0.6) is 0 Å². The van der Waals surface area contributed by atoms with Gasteiger partial charge in [-0.05, 0) is 19.1 Å². The number of carbonyl (C=O) groups is 1. The molecule has 3 rings (SSSR count). The topological polar surface area (TPSA) is 119 Å². The Morgan fingerprint density at radius 2 is 1.92 bits per heavy atom. The Balaban J connectivity index is 2.13. The maximum absolute atomic E-state index is 11.4. The summed E-state index contributed by atoms with van der Waals surface area (Å²) in [5, 5.41) is 16.2. The van der Waals surface area contributed by atoms with E-state index in [-0.39, 0.29) is 6.61 Å². The summed E-state index contributed by atoms with van der Waals surface area (Å²) >= 11 is 0. The first-order valence-electron chi connectivity index (χ1n) is 7.24. The Morgan fingerprint density at radius 1 is 1.25 bits per heavy atom. The normalized spacial score (nSPS) is 10.6. The number of rotatable bonds is 4. The molecule has 0 saturated carbocycles. The fraction of sp³-hybridized carbons (Fsp3) is 0.125. The van der Waals surface area contributed by atoms with Gasteiger partial charge in [-0.2, -0.15) is 5.10 Å². The minimum atomic E-state index is -0.673. The number of urea groups is 1. The van der Waals surface area contributed by atoms with E-state index in [4.69, 9.17) is 10.8 Å². The first-order valence-corrected chi connectivity index (χ1v) is 7.24.